The first-order valence-corrected chi connectivity index (χ1v) is 3.05. The number of hydrogen-bond donors (Lipinski definition) is 1. The van der Waals surface area contributed by atoms with Crippen molar-refractivity contribution in [3.05, 3.63) is 23.9 Å². The second-order valence-electron chi connectivity index (χ2n) is 1.85. The van der Waals surface area contributed by atoms with Gasteiger partial charge in [0.2, 0.25) is 5.88 Å². The number of pyridine rings is 1. The van der Waals surface area contributed by atoms with Crippen molar-refractivity contribution in [2.45, 2.75) is 0 Å². The average Bonchev–Trinajstić information content (AvgIpc) is 2.06. The first-order valence-electron chi connectivity index (χ1n) is 3.05. The molecule has 0 amide bonds. The third-order valence-corrected chi connectivity index (χ3v) is 1.14. The van der Waals surface area contributed by atoms with E-state index in [0.717, 1.165) is 0 Å². The second kappa shape index (κ2) is 3.55. The summed E-state index contributed by atoms with van der Waals surface area (Å²) in [4.78, 5) is 3.95. The molecular formula is C7H8N2O2. The van der Waals surface area contributed by atoms with E-state index < -0.39 is 0 Å². The Morgan fingerprint density at radius 3 is 3.09 bits per heavy atom. The van der Waals surface area contributed by atoms with Crippen molar-refractivity contribution in [2.75, 3.05) is 7.11 Å². The zero-order chi connectivity index (χ0) is 8.10. The normalized spacial score (nSPS) is 10.3. The minimum absolute atomic E-state index is 0.502. The maximum atomic E-state index is 8.17. The van der Waals surface area contributed by atoms with Crippen LogP contribution in [0.4, 0.5) is 0 Å². The zero-order valence-electron chi connectivity index (χ0n) is 6.06. The number of ether oxygens (including phenoxy) is 1. The SMILES string of the molecule is COc1cccc(C=NO)n1. The molecule has 0 saturated carbocycles. The first kappa shape index (κ1) is 7.53. The summed E-state index contributed by atoms with van der Waals surface area (Å²) in [6.07, 6.45) is 1.24. The van der Waals surface area contributed by atoms with Gasteiger partial charge in [-0.1, -0.05) is 11.2 Å². The Labute approximate surface area is 64.1 Å². The van der Waals surface area contributed by atoms with E-state index in [1.165, 1.54) is 13.3 Å². The second-order valence-corrected chi connectivity index (χ2v) is 1.85. The van der Waals surface area contributed by atoms with Crippen molar-refractivity contribution in [1.29, 1.82) is 0 Å². The summed E-state index contributed by atoms with van der Waals surface area (Å²) in [6.45, 7) is 0. The fourth-order valence-electron chi connectivity index (χ4n) is 0.676. The fourth-order valence-corrected chi connectivity index (χ4v) is 0.676. The van der Waals surface area contributed by atoms with Crippen molar-refractivity contribution >= 4 is 6.21 Å². The number of nitrogens with zero attached hydrogens (tertiary/aromatic N) is 2. The molecule has 0 unspecified atom stereocenters. The third kappa shape index (κ3) is 1.93. The molecule has 0 saturated heterocycles. The molecule has 58 valence electrons. The predicted octanol–water partition coefficient (Wildman–Crippen LogP) is 0.898. The molecule has 1 heterocycles. The Balaban J connectivity index is 2.91. The molecule has 4 nitrogen and oxygen atoms in total. The molecular weight excluding hydrogens is 144 g/mol. The highest BCUT2D eigenvalue weighted by Gasteiger charge is 1.92. The molecule has 0 aliphatic rings. The maximum absolute atomic E-state index is 8.17. The average molecular weight is 152 g/mol. The summed E-state index contributed by atoms with van der Waals surface area (Å²) in [7, 11) is 1.53. The molecule has 1 aromatic heterocycles. The lowest BCUT2D eigenvalue weighted by molar-refractivity contribution is 0.321. The van der Waals surface area contributed by atoms with Crippen LogP contribution in [0.15, 0.2) is 23.4 Å². The van der Waals surface area contributed by atoms with Gasteiger partial charge in [0.25, 0.3) is 0 Å². The minimum Gasteiger partial charge on any atom is -0.481 e. The lowest BCUT2D eigenvalue weighted by atomic mass is 10.4. The van der Waals surface area contributed by atoms with Gasteiger partial charge < -0.3 is 9.94 Å². The maximum Gasteiger partial charge on any atom is 0.213 e. The van der Waals surface area contributed by atoms with E-state index in [0.29, 0.717) is 11.6 Å². The van der Waals surface area contributed by atoms with Gasteiger partial charge in [-0.05, 0) is 6.07 Å². The monoisotopic (exact) mass is 152 g/mol. The zero-order valence-corrected chi connectivity index (χ0v) is 6.06. The van der Waals surface area contributed by atoms with E-state index >= 15 is 0 Å². The standard InChI is InChI=1S/C7H8N2O2/c1-11-7-4-2-3-6(9-7)5-8-10/h2-5,10H,1H3. The molecule has 0 fully saturated rings. The van der Waals surface area contributed by atoms with Crippen molar-refractivity contribution in [3.63, 3.8) is 0 Å². The van der Waals surface area contributed by atoms with Crippen LogP contribution in [0.3, 0.4) is 0 Å². The first-order chi connectivity index (χ1) is 5.36. The number of oxime groups is 1. The summed E-state index contributed by atoms with van der Waals surface area (Å²) in [6, 6.07) is 5.19. The molecule has 4 heteroatoms. The van der Waals surface area contributed by atoms with Crippen LogP contribution in [-0.2, 0) is 0 Å². The van der Waals surface area contributed by atoms with Crippen LogP contribution < -0.4 is 4.74 Å². The number of methoxy groups -OCH3 is 1. The lowest BCUT2D eigenvalue weighted by Crippen LogP contribution is -1.91. The Kier molecular flexibility index (Phi) is 2.43. The van der Waals surface area contributed by atoms with E-state index in [-0.39, 0.29) is 0 Å². The fraction of sp³-hybridized carbons (Fsp3) is 0.143. The molecule has 11 heavy (non-hydrogen) atoms. The van der Waals surface area contributed by atoms with Gasteiger partial charge in [-0.15, -0.1) is 0 Å². The van der Waals surface area contributed by atoms with Crippen LogP contribution in [0.2, 0.25) is 0 Å². The molecule has 0 bridgehead atoms. The molecule has 1 rings (SSSR count). The topological polar surface area (TPSA) is 54.7 Å². The number of hydrogen-bond acceptors (Lipinski definition) is 4. The van der Waals surface area contributed by atoms with Gasteiger partial charge in [-0.25, -0.2) is 4.98 Å². The van der Waals surface area contributed by atoms with Crippen LogP contribution in [0.1, 0.15) is 5.69 Å². The molecule has 0 aromatic carbocycles. The van der Waals surface area contributed by atoms with Crippen molar-refractivity contribution in [1.82, 2.24) is 4.98 Å². The largest absolute Gasteiger partial charge is 0.481 e. The highest BCUT2D eigenvalue weighted by Crippen LogP contribution is 2.04. The van der Waals surface area contributed by atoms with E-state index in [1.54, 1.807) is 18.2 Å². The Morgan fingerprint density at radius 1 is 1.64 bits per heavy atom. The molecule has 0 aliphatic heterocycles. The molecule has 1 N–H and O–H groups in total. The summed E-state index contributed by atoms with van der Waals surface area (Å²) < 4.78 is 4.85. The highest BCUT2D eigenvalue weighted by atomic mass is 16.5. The summed E-state index contributed by atoms with van der Waals surface area (Å²) in [5.74, 6) is 0.502. The van der Waals surface area contributed by atoms with Gasteiger partial charge in [-0.2, -0.15) is 0 Å². The molecule has 0 aliphatic carbocycles. The summed E-state index contributed by atoms with van der Waals surface area (Å²) >= 11 is 0. The molecule has 0 spiro atoms. The van der Waals surface area contributed by atoms with Crippen molar-refractivity contribution in [2.24, 2.45) is 5.16 Å². The Bertz CT molecular complexity index is 260. The van der Waals surface area contributed by atoms with Gasteiger partial charge in [0.1, 0.15) is 0 Å². The van der Waals surface area contributed by atoms with Gasteiger partial charge in [0, 0.05) is 6.07 Å². The Hall–Kier alpha value is -1.58. The third-order valence-electron chi connectivity index (χ3n) is 1.14. The van der Waals surface area contributed by atoms with E-state index in [1.807, 2.05) is 0 Å². The van der Waals surface area contributed by atoms with Crippen LogP contribution in [-0.4, -0.2) is 23.5 Å². The molecule has 0 atom stereocenters. The van der Waals surface area contributed by atoms with E-state index in [4.69, 9.17) is 9.94 Å². The predicted molar refractivity (Wildman–Crippen MR) is 40.2 cm³/mol. The van der Waals surface area contributed by atoms with Crippen molar-refractivity contribution < 1.29 is 9.94 Å². The Morgan fingerprint density at radius 2 is 2.45 bits per heavy atom. The van der Waals surface area contributed by atoms with Crippen LogP contribution in [0, 0.1) is 0 Å². The number of aromatic nitrogens is 1. The van der Waals surface area contributed by atoms with Crippen LogP contribution in [0.5, 0.6) is 5.88 Å². The summed E-state index contributed by atoms with van der Waals surface area (Å²) in [5, 5.41) is 11.0. The van der Waals surface area contributed by atoms with Crippen LogP contribution in [0.25, 0.3) is 0 Å². The highest BCUT2D eigenvalue weighted by molar-refractivity contribution is 5.76. The van der Waals surface area contributed by atoms with E-state index in [2.05, 4.69) is 10.1 Å². The smallest absolute Gasteiger partial charge is 0.213 e. The van der Waals surface area contributed by atoms with E-state index in [9.17, 15) is 0 Å². The van der Waals surface area contributed by atoms with Gasteiger partial charge in [0.05, 0.1) is 19.0 Å². The molecule has 0 radical (unpaired) electrons. The number of rotatable bonds is 2. The van der Waals surface area contributed by atoms with Gasteiger partial charge in [-0.3, -0.25) is 0 Å². The quantitative estimate of drug-likeness (QED) is 0.389. The summed E-state index contributed by atoms with van der Waals surface area (Å²) in [5.41, 5.74) is 0.562. The minimum atomic E-state index is 0.502. The lowest BCUT2D eigenvalue weighted by Gasteiger charge is -1.96. The van der Waals surface area contributed by atoms with Gasteiger partial charge >= 0.3 is 0 Å². The molecule has 1 aromatic rings. The van der Waals surface area contributed by atoms with Gasteiger partial charge in [0.15, 0.2) is 0 Å². The van der Waals surface area contributed by atoms with Crippen LogP contribution >= 0.6 is 0 Å². The van der Waals surface area contributed by atoms with Crippen molar-refractivity contribution in [3.8, 4) is 5.88 Å².